The van der Waals surface area contributed by atoms with Gasteiger partial charge in [-0.25, -0.2) is 4.79 Å². The summed E-state index contributed by atoms with van der Waals surface area (Å²) in [6.07, 6.45) is 2.78. The fourth-order valence-electron chi connectivity index (χ4n) is 2.11. The smallest absolute Gasteiger partial charge is 0.319 e. The van der Waals surface area contributed by atoms with Crippen LogP contribution in [0, 0.1) is 0 Å². The van der Waals surface area contributed by atoms with Crippen LogP contribution in [0.4, 0.5) is 10.5 Å². The fraction of sp³-hybridized carbons (Fsp3) is 0.500. The summed E-state index contributed by atoms with van der Waals surface area (Å²) in [7, 11) is 0. The van der Waals surface area contributed by atoms with E-state index in [1.165, 1.54) is 6.42 Å². The molecule has 1 fully saturated rings. The average molecular weight is 248 g/mol. The second-order valence-electron chi connectivity index (χ2n) is 5.29. The van der Waals surface area contributed by atoms with Gasteiger partial charge in [0.05, 0.1) is 6.10 Å². The van der Waals surface area contributed by atoms with Gasteiger partial charge in [0.1, 0.15) is 0 Å². The molecule has 1 aromatic rings. The molecule has 0 spiro atoms. The number of urea groups is 1. The van der Waals surface area contributed by atoms with Crippen LogP contribution in [0.3, 0.4) is 0 Å². The van der Waals surface area contributed by atoms with E-state index in [0.717, 1.165) is 24.1 Å². The van der Waals surface area contributed by atoms with Crippen molar-refractivity contribution >= 4 is 11.7 Å². The van der Waals surface area contributed by atoms with Gasteiger partial charge in [-0.15, -0.1) is 0 Å². The van der Waals surface area contributed by atoms with Gasteiger partial charge in [-0.05, 0) is 50.8 Å². The minimum atomic E-state index is -0.484. The Labute approximate surface area is 107 Å². The summed E-state index contributed by atoms with van der Waals surface area (Å²) in [5.41, 5.74) is 1.54. The second-order valence-corrected chi connectivity index (χ2v) is 5.29. The molecule has 0 aromatic heterocycles. The molecule has 2 amide bonds. The zero-order chi connectivity index (χ0) is 13.2. The molecule has 0 radical (unpaired) electrons. The van der Waals surface area contributed by atoms with E-state index in [0.29, 0.717) is 0 Å². The maximum absolute atomic E-state index is 11.8. The summed E-state index contributed by atoms with van der Waals surface area (Å²) >= 11 is 0. The fourth-order valence-corrected chi connectivity index (χ4v) is 2.11. The van der Waals surface area contributed by atoms with E-state index < -0.39 is 6.10 Å². The zero-order valence-corrected chi connectivity index (χ0v) is 10.9. The summed E-state index contributed by atoms with van der Waals surface area (Å²) in [6.45, 7) is 3.78. The molecule has 4 heteroatoms. The van der Waals surface area contributed by atoms with Crippen molar-refractivity contribution in [3.8, 4) is 0 Å². The molecule has 0 saturated heterocycles. The van der Waals surface area contributed by atoms with E-state index in [1.54, 1.807) is 19.1 Å². The topological polar surface area (TPSA) is 61.4 Å². The van der Waals surface area contributed by atoms with Crippen molar-refractivity contribution in [3.63, 3.8) is 0 Å². The normalized spacial score (nSPS) is 18.6. The molecular weight excluding hydrogens is 228 g/mol. The van der Waals surface area contributed by atoms with Gasteiger partial charge >= 0.3 is 6.03 Å². The molecule has 18 heavy (non-hydrogen) atoms. The first kappa shape index (κ1) is 12.9. The molecule has 0 aliphatic heterocycles. The van der Waals surface area contributed by atoms with E-state index >= 15 is 0 Å². The first-order chi connectivity index (χ1) is 8.48. The second kappa shape index (κ2) is 4.98. The summed E-state index contributed by atoms with van der Waals surface area (Å²) < 4.78 is 0. The number of anilines is 1. The van der Waals surface area contributed by atoms with Gasteiger partial charge in [0.2, 0.25) is 0 Å². The third-order valence-corrected chi connectivity index (χ3v) is 3.52. The SMILES string of the molecule is CC(O)c1ccc(NC(=O)NC2(C)CCC2)cc1. The molecule has 1 unspecified atom stereocenters. The number of amides is 2. The number of aliphatic hydroxyl groups excluding tert-OH is 1. The van der Waals surface area contributed by atoms with Crippen LogP contribution in [0.15, 0.2) is 24.3 Å². The van der Waals surface area contributed by atoms with E-state index in [4.69, 9.17) is 0 Å². The molecule has 4 nitrogen and oxygen atoms in total. The summed E-state index contributed by atoms with van der Waals surface area (Å²) in [5, 5.41) is 15.2. The number of nitrogens with one attached hydrogen (secondary N) is 2. The first-order valence-electron chi connectivity index (χ1n) is 6.36. The molecule has 0 heterocycles. The van der Waals surface area contributed by atoms with E-state index in [2.05, 4.69) is 17.6 Å². The Morgan fingerprint density at radius 1 is 1.33 bits per heavy atom. The largest absolute Gasteiger partial charge is 0.389 e. The number of carbonyl (C=O) groups is 1. The Bertz CT molecular complexity index is 422. The molecule has 1 aliphatic carbocycles. The maximum atomic E-state index is 11.8. The number of hydrogen-bond donors (Lipinski definition) is 3. The predicted octanol–water partition coefficient (Wildman–Crippen LogP) is 2.80. The van der Waals surface area contributed by atoms with Crippen LogP contribution in [0.2, 0.25) is 0 Å². The molecule has 1 aliphatic rings. The van der Waals surface area contributed by atoms with Crippen molar-refractivity contribution < 1.29 is 9.90 Å². The minimum Gasteiger partial charge on any atom is -0.389 e. The number of benzene rings is 1. The van der Waals surface area contributed by atoms with Gasteiger partial charge in [0.15, 0.2) is 0 Å². The predicted molar refractivity (Wildman–Crippen MR) is 71.5 cm³/mol. The van der Waals surface area contributed by atoms with Crippen LogP contribution in [0.25, 0.3) is 0 Å². The molecule has 0 bridgehead atoms. The van der Waals surface area contributed by atoms with Crippen molar-refractivity contribution in [1.82, 2.24) is 5.32 Å². The number of aliphatic hydroxyl groups is 1. The average Bonchev–Trinajstić information content (AvgIpc) is 2.27. The van der Waals surface area contributed by atoms with Crippen LogP contribution in [0.5, 0.6) is 0 Å². The van der Waals surface area contributed by atoms with E-state index in [-0.39, 0.29) is 11.6 Å². The number of hydrogen-bond acceptors (Lipinski definition) is 2. The van der Waals surface area contributed by atoms with Gasteiger partial charge in [0, 0.05) is 11.2 Å². The zero-order valence-electron chi connectivity index (χ0n) is 10.9. The van der Waals surface area contributed by atoms with Crippen LogP contribution in [-0.2, 0) is 0 Å². The standard InChI is InChI=1S/C14H20N2O2/c1-10(17)11-4-6-12(7-5-11)15-13(18)16-14(2)8-3-9-14/h4-7,10,17H,3,8-9H2,1-2H3,(H2,15,16,18). The quantitative estimate of drug-likeness (QED) is 0.770. The number of rotatable bonds is 3. The van der Waals surface area contributed by atoms with Crippen molar-refractivity contribution in [2.24, 2.45) is 0 Å². The molecule has 3 N–H and O–H groups in total. The van der Waals surface area contributed by atoms with Gasteiger partial charge in [-0.1, -0.05) is 12.1 Å². The van der Waals surface area contributed by atoms with Crippen molar-refractivity contribution in [3.05, 3.63) is 29.8 Å². The Hall–Kier alpha value is -1.55. The first-order valence-corrected chi connectivity index (χ1v) is 6.36. The lowest BCUT2D eigenvalue weighted by atomic mass is 9.79. The highest BCUT2D eigenvalue weighted by molar-refractivity contribution is 5.89. The molecule has 1 saturated carbocycles. The molecule has 1 aromatic carbocycles. The molecular formula is C14H20N2O2. The van der Waals surface area contributed by atoms with Crippen molar-refractivity contribution in [1.29, 1.82) is 0 Å². The van der Waals surface area contributed by atoms with E-state index in [9.17, 15) is 9.90 Å². The highest BCUT2D eigenvalue weighted by Gasteiger charge is 2.33. The Balaban J connectivity index is 1.90. The molecule has 2 rings (SSSR count). The van der Waals surface area contributed by atoms with Gasteiger partial charge in [0.25, 0.3) is 0 Å². The van der Waals surface area contributed by atoms with Gasteiger partial charge in [-0.2, -0.15) is 0 Å². The Morgan fingerprint density at radius 2 is 1.94 bits per heavy atom. The van der Waals surface area contributed by atoms with Crippen molar-refractivity contribution in [2.45, 2.75) is 44.8 Å². The van der Waals surface area contributed by atoms with E-state index in [1.807, 2.05) is 12.1 Å². The van der Waals surface area contributed by atoms with Crippen LogP contribution >= 0.6 is 0 Å². The van der Waals surface area contributed by atoms with Crippen LogP contribution in [-0.4, -0.2) is 16.7 Å². The monoisotopic (exact) mass is 248 g/mol. The summed E-state index contributed by atoms with van der Waals surface area (Å²) in [5.74, 6) is 0. The third kappa shape index (κ3) is 3.01. The lowest BCUT2D eigenvalue weighted by molar-refractivity contribution is 0.199. The van der Waals surface area contributed by atoms with Crippen molar-refractivity contribution in [2.75, 3.05) is 5.32 Å². The lowest BCUT2D eigenvalue weighted by Gasteiger charge is -2.38. The molecule has 1 atom stereocenters. The van der Waals surface area contributed by atoms with Gasteiger partial charge < -0.3 is 15.7 Å². The summed E-state index contributed by atoms with van der Waals surface area (Å²) in [6, 6.07) is 7.05. The summed E-state index contributed by atoms with van der Waals surface area (Å²) in [4.78, 5) is 11.8. The highest BCUT2D eigenvalue weighted by Crippen LogP contribution is 2.30. The Morgan fingerprint density at radius 3 is 2.39 bits per heavy atom. The lowest BCUT2D eigenvalue weighted by Crippen LogP contribution is -2.52. The minimum absolute atomic E-state index is 0.0381. The third-order valence-electron chi connectivity index (χ3n) is 3.52. The maximum Gasteiger partial charge on any atom is 0.319 e. The molecule has 98 valence electrons. The highest BCUT2D eigenvalue weighted by atomic mass is 16.3. The Kier molecular flexibility index (Phi) is 3.57. The van der Waals surface area contributed by atoms with Crippen LogP contribution in [0.1, 0.15) is 44.8 Å². The number of carbonyl (C=O) groups excluding carboxylic acids is 1. The van der Waals surface area contributed by atoms with Gasteiger partial charge in [-0.3, -0.25) is 0 Å². The van der Waals surface area contributed by atoms with Crippen LogP contribution < -0.4 is 10.6 Å².